The molecule has 2 aromatic rings. The number of rotatable bonds is 7. The van der Waals surface area contributed by atoms with Crippen LogP contribution in [0.5, 0.6) is 0 Å². The molecule has 2 N–H and O–H groups in total. The molecule has 0 amide bonds. The minimum atomic E-state index is 0.0904. The maximum absolute atomic E-state index is 9.11. The van der Waals surface area contributed by atoms with Crippen LogP contribution in [0.1, 0.15) is 43.1 Å². The van der Waals surface area contributed by atoms with Crippen molar-refractivity contribution in [1.82, 2.24) is 15.1 Å². The van der Waals surface area contributed by atoms with Crippen LogP contribution in [0.2, 0.25) is 0 Å². The van der Waals surface area contributed by atoms with Crippen molar-refractivity contribution in [2.24, 2.45) is 0 Å². The number of benzene rings is 1. The first-order valence-electron chi connectivity index (χ1n) is 7.16. The molecule has 1 unspecified atom stereocenters. The molecular formula is C16H23N3O. The molecule has 0 radical (unpaired) electrons. The summed E-state index contributed by atoms with van der Waals surface area (Å²) in [4.78, 5) is 0. The Balaban J connectivity index is 1.84. The first kappa shape index (κ1) is 14.8. The highest BCUT2D eigenvalue weighted by Gasteiger charge is 2.04. The normalized spacial score (nSPS) is 12.6. The van der Waals surface area contributed by atoms with Crippen molar-refractivity contribution in [1.29, 1.82) is 0 Å². The quantitative estimate of drug-likeness (QED) is 0.815. The Kier molecular flexibility index (Phi) is 5.32. The molecule has 0 saturated carbocycles. The Bertz CT molecular complexity index is 536. The van der Waals surface area contributed by atoms with E-state index in [4.69, 9.17) is 5.11 Å². The Morgan fingerprint density at radius 3 is 2.80 bits per heavy atom. The molecule has 0 bridgehead atoms. The van der Waals surface area contributed by atoms with Gasteiger partial charge in [0.15, 0.2) is 0 Å². The molecule has 0 fully saturated rings. The molecule has 0 aliphatic heterocycles. The molecule has 4 heteroatoms. The van der Waals surface area contributed by atoms with E-state index in [1.807, 2.05) is 29.1 Å². The lowest BCUT2D eigenvalue weighted by Crippen LogP contribution is -2.14. The van der Waals surface area contributed by atoms with Gasteiger partial charge < -0.3 is 10.4 Å². The van der Waals surface area contributed by atoms with E-state index in [2.05, 4.69) is 36.4 Å². The summed E-state index contributed by atoms with van der Waals surface area (Å²) < 4.78 is 2.02. The summed E-state index contributed by atoms with van der Waals surface area (Å²) in [6.45, 7) is 5.97. The molecule has 108 valence electrons. The maximum Gasteiger partial charge on any atom is 0.0762 e. The molecule has 1 heterocycles. The van der Waals surface area contributed by atoms with E-state index in [-0.39, 0.29) is 6.61 Å². The number of nitrogens with one attached hydrogen (secondary N) is 1. The molecule has 1 atom stereocenters. The summed E-state index contributed by atoms with van der Waals surface area (Å²) >= 11 is 0. The summed E-state index contributed by atoms with van der Waals surface area (Å²) in [6.07, 6.45) is 3.13. The Labute approximate surface area is 120 Å². The van der Waals surface area contributed by atoms with Crippen molar-refractivity contribution in [3.63, 3.8) is 0 Å². The lowest BCUT2D eigenvalue weighted by molar-refractivity contribution is 0.281. The van der Waals surface area contributed by atoms with Crippen LogP contribution in [0, 0.1) is 0 Å². The molecule has 2 rings (SSSR count). The van der Waals surface area contributed by atoms with Crippen molar-refractivity contribution in [3.05, 3.63) is 53.3 Å². The zero-order valence-corrected chi connectivity index (χ0v) is 12.2. The number of nitrogens with zero attached hydrogens (tertiary/aromatic N) is 2. The van der Waals surface area contributed by atoms with Gasteiger partial charge in [0.1, 0.15) is 0 Å². The second kappa shape index (κ2) is 7.22. The third kappa shape index (κ3) is 3.92. The van der Waals surface area contributed by atoms with Crippen LogP contribution in [0.15, 0.2) is 36.5 Å². The van der Waals surface area contributed by atoms with Crippen molar-refractivity contribution in [2.45, 2.75) is 46.0 Å². The first-order chi connectivity index (χ1) is 9.72. The minimum absolute atomic E-state index is 0.0904. The van der Waals surface area contributed by atoms with Gasteiger partial charge >= 0.3 is 0 Å². The van der Waals surface area contributed by atoms with E-state index >= 15 is 0 Å². The second-order valence-electron chi connectivity index (χ2n) is 5.13. The molecule has 0 spiro atoms. The van der Waals surface area contributed by atoms with E-state index in [0.29, 0.717) is 6.04 Å². The largest absolute Gasteiger partial charge is 0.392 e. The van der Waals surface area contributed by atoms with Gasteiger partial charge in [0.25, 0.3) is 0 Å². The van der Waals surface area contributed by atoms with Gasteiger partial charge in [-0.05, 0) is 30.5 Å². The van der Waals surface area contributed by atoms with E-state index in [0.717, 1.165) is 30.8 Å². The number of hydrogen-bond acceptors (Lipinski definition) is 3. The second-order valence-corrected chi connectivity index (χ2v) is 5.13. The standard InChI is InChI=1S/C16H23N3O/c1-3-13(2)19-8-7-16(18-19)11-17-10-14-5-4-6-15(9-14)12-20/h4-9,13,17,20H,3,10-12H2,1-2H3. The monoisotopic (exact) mass is 273 g/mol. The minimum Gasteiger partial charge on any atom is -0.392 e. The molecular weight excluding hydrogens is 250 g/mol. The third-order valence-corrected chi connectivity index (χ3v) is 3.52. The number of aliphatic hydroxyl groups excluding tert-OH is 1. The molecule has 1 aromatic carbocycles. The van der Waals surface area contributed by atoms with Gasteiger partial charge in [-0.3, -0.25) is 4.68 Å². The summed E-state index contributed by atoms with van der Waals surface area (Å²) in [6, 6.07) is 10.5. The molecule has 0 saturated heterocycles. The summed E-state index contributed by atoms with van der Waals surface area (Å²) in [7, 11) is 0. The third-order valence-electron chi connectivity index (χ3n) is 3.52. The molecule has 4 nitrogen and oxygen atoms in total. The van der Waals surface area contributed by atoms with Gasteiger partial charge in [0, 0.05) is 25.3 Å². The molecule has 0 aliphatic rings. The van der Waals surface area contributed by atoms with Crippen molar-refractivity contribution < 1.29 is 5.11 Å². The van der Waals surface area contributed by atoms with Crippen LogP contribution < -0.4 is 5.32 Å². The molecule has 20 heavy (non-hydrogen) atoms. The summed E-state index contributed by atoms with van der Waals surface area (Å²) in [5.41, 5.74) is 3.19. The number of aromatic nitrogens is 2. The van der Waals surface area contributed by atoms with Gasteiger partial charge in [0.05, 0.1) is 12.3 Å². The van der Waals surface area contributed by atoms with Gasteiger partial charge in [-0.15, -0.1) is 0 Å². The zero-order valence-electron chi connectivity index (χ0n) is 12.2. The van der Waals surface area contributed by atoms with Crippen LogP contribution in [0.3, 0.4) is 0 Å². The van der Waals surface area contributed by atoms with E-state index < -0.39 is 0 Å². The van der Waals surface area contributed by atoms with Gasteiger partial charge in [-0.25, -0.2) is 0 Å². The highest BCUT2D eigenvalue weighted by Crippen LogP contribution is 2.09. The Morgan fingerprint density at radius 1 is 1.25 bits per heavy atom. The predicted molar refractivity (Wildman–Crippen MR) is 80.1 cm³/mol. The predicted octanol–water partition coefficient (Wildman–Crippen LogP) is 2.64. The molecule has 1 aromatic heterocycles. The van der Waals surface area contributed by atoms with E-state index in [1.54, 1.807) is 0 Å². The summed E-state index contributed by atoms with van der Waals surface area (Å²) in [5.74, 6) is 0. The number of aliphatic hydroxyl groups is 1. The SMILES string of the molecule is CCC(C)n1ccc(CNCc2cccc(CO)c2)n1. The van der Waals surface area contributed by atoms with Crippen LogP contribution in [-0.4, -0.2) is 14.9 Å². The van der Waals surface area contributed by atoms with E-state index in [9.17, 15) is 0 Å². The van der Waals surface area contributed by atoms with Crippen molar-refractivity contribution in [3.8, 4) is 0 Å². The van der Waals surface area contributed by atoms with Crippen molar-refractivity contribution in [2.75, 3.05) is 0 Å². The smallest absolute Gasteiger partial charge is 0.0762 e. The summed E-state index contributed by atoms with van der Waals surface area (Å²) in [5, 5.41) is 17.1. The van der Waals surface area contributed by atoms with Gasteiger partial charge in [0.2, 0.25) is 0 Å². The van der Waals surface area contributed by atoms with Crippen LogP contribution in [-0.2, 0) is 19.7 Å². The fourth-order valence-electron chi connectivity index (χ4n) is 2.08. The van der Waals surface area contributed by atoms with E-state index in [1.165, 1.54) is 5.56 Å². The lowest BCUT2D eigenvalue weighted by atomic mass is 10.1. The average Bonchev–Trinajstić information content (AvgIpc) is 2.95. The van der Waals surface area contributed by atoms with Crippen LogP contribution in [0.4, 0.5) is 0 Å². The van der Waals surface area contributed by atoms with Crippen LogP contribution >= 0.6 is 0 Å². The maximum atomic E-state index is 9.11. The highest BCUT2D eigenvalue weighted by atomic mass is 16.3. The highest BCUT2D eigenvalue weighted by molar-refractivity contribution is 5.22. The fourth-order valence-corrected chi connectivity index (χ4v) is 2.08. The van der Waals surface area contributed by atoms with Crippen molar-refractivity contribution >= 4 is 0 Å². The zero-order chi connectivity index (χ0) is 14.4. The Hall–Kier alpha value is -1.65. The molecule has 0 aliphatic carbocycles. The topological polar surface area (TPSA) is 50.1 Å². The van der Waals surface area contributed by atoms with Crippen LogP contribution in [0.25, 0.3) is 0 Å². The Morgan fingerprint density at radius 2 is 2.05 bits per heavy atom. The fraction of sp³-hybridized carbons (Fsp3) is 0.438. The first-order valence-corrected chi connectivity index (χ1v) is 7.16. The van der Waals surface area contributed by atoms with Gasteiger partial charge in [-0.1, -0.05) is 31.2 Å². The average molecular weight is 273 g/mol. The lowest BCUT2D eigenvalue weighted by Gasteiger charge is -2.08. The van der Waals surface area contributed by atoms with Gasteiger partial charge in [-0.2, -0.15) is 5.10 Å². The number of hydrogen-bond donors (Lipinski definition) is 2.